The molecule has 0 bridgehead atoms. The van der Waals surface area contributed by atoms with E-state index in [1.165, 1.54) is 0 Å². The van der Waals surface area contributed by atoms with Gasteiger partial charge >= 0.3 is 0 Å². The third-order valence-electron chi connectivity index (χ3n) is 2.03. The number of hydrogen-bond acceptors (Lipinski definition) is 2. The predicted molar refractivity (Wildman–Crippen MR) is 48.6 cm³/mol. The minimum atomic E-state index is -0.179. The summed E-state index contributed by atoms with van der Waals surface area (Å²) < 4.78 is 0. The lowest BCUT2D eigenvalue weighted by Crippen LogP contribution is -2.32. The Balaban J connectivity index is 3.24. The van der Waals surface area contributed by atoms with E-state index < -0.39 is 0 Å². The Hall–Kier alpha value is -0.0800. The lowest BCUT2D eigenvalue weighted by Gasteiger charge is -2.17. The summed E-state index contributed by atoms with van der Waals surface area (Å²) in [5.74, 6) is 0.670. The van der Waals surface area contributed by atoms with Crippen molar-refractivity contribution in [1.29, 1.82) is 0 Å². The van der Waals surface area contributed by atoms with Gasteiger partial charge in [0.25, 0.3) is 0 Å². The number of hydrogen-bond donors (Lipinski definition) is 2. The molecule has 0 rings (SSSR count). The highest BCUT2D eigenvalue weighted by atomic mass is 16.3. The van der Waals surface area contributed by atoms with E-state index in [-0.39, 0.29) is 6.10 Å². The van der Waals surface area contributed by atoms with E-state index >= 15 is 0 Å². The van der Waals surface area contributed by atoms with Crippen LogP contribution in [0.3, 0.4) is 0 Å². The summed E-state index contributed by atoms with van der Waals surface area (Å²) in [6.45, 7) is 9.30. The second-order valence-electron chi connectivity index (χ2n) is 3.62. The third-order valence-corrected chi connectivity index (χ3v) is 2.03. The summed E-state index contributed by atoms with van der Waals surface area (Å²) in [6.07, 6.45) is 0.665. The molecule has 0 aliphatic carbocycles. The van der Waals surface area contributed by atoms with Crippen molar-refractivity contribution in [3.63, 3.8) is 0 Å². The van der Waals surface area contributed by atoms with Crippen LogP contribution in [0.4, 0.5) is 0 Å². The molecule has 2 heteroatoms. The zero-order valence-electron chi connectivity index (χ0n) is 8.09. The summed E-state index contributed by atoms with van der Waals surface area (Å²) in [7, 11) is 0. The smallest absolute Gasteiger partial charge is 0.0524 e. The minimum absolute atomic E-state index is 0.179. The molecule has 0 fully saturated rings. The first-order valence-electron chi connectivity index (χ1n) is 4.45. The molecule has 0 aliphatic rings. The van der Waals surface area contributed by atoms with E-state index in [1.54, 1.807) is 0 Å². The van der Waals surface area contributed by atoms with Crippen LogP contribution in [0, 0.1) is 5.92 Å². The van der Waals surface area contributed by atoms with Crippen molar-refractivity contribution in [3.8, 4) is 0 Å². The SMILES string of the molecule is CC(C)[C@@H](C)NCC[C@H](C)O. The Morgan fingerprint density at radius 3 is 2.09 bits per heavy atom. The molecule has 0 radical (unpaired) electrons. The molecule has 2 N–H and O–H groups in total. The Kier molecular flexibility index (Phi) is 5.51. The molecule has 0 aromatic rings. The summed E-state index contributed by atoms with van der Waals surface area (Å²) in [6, 6.07) is 0.550. The zero-order chi connectivity index (χ0) is 8.85. The van der Waals surface area contributed by atoms with Crippen molar-refractivity contribution < 1.29 is 5.11 Å². The first-order chi connectivity index (χ1) is 5.04. The quantitative estimate of drug-likeness (QED) is 0.635. The van der Waals surface area contributed by atoms with E-state index in [9.17, 15) is 0 Å². The van der Waals surface area contributed by atoms with Crippen molar-refractivity contribution in [2.24, 2.45) is 5.92 Å². The lowest BCUT2D eigenvalue weighted by molar-refractivity contribution is 0.181. The van der Waals surface area contributed by atoms with Crippen LogP contribution in [-0.2, 0) is 0 Å². The number of aliphatic hydroxyl groups is 1. The van der Waals surface area contributed by atoms with Gasteiger partial charge < -0.3 is 10.4 Å². The second-order valence-corrected chi connectivity index (χ2v) is 3.62. The summed E-state index contributed by atoms with van der Waals surface area (Å²) in [5, 5.41) is 12.3. The second kappa shape index (κ2) is 5.56. The van der Waals surface area contributed by atoms with Crippen molar-refractivity contribution >= 4 is 0 Å². The van der Waals surface area contributed by atoms with Gasteiger partial charge in [-0.15, -0.1) is 0 Å². The van der Waals surface area contributed by atoms with Gasteiger partial charge in [-0.2, -0.15) is 0 Å². The van der Waals surface area contributed by atoms with Crippen LogP contribution in [0.5, 0.6) is 0 Å². The van der Waals surface area contributed by atoms with Crippen LogP contribution in [0.1, 0.15) is 34.1 Å². The van der Waals surface area contributed by atoms with Gasteiger partial charge in [-0.1, -0.05) is 13.8 Å². The van der Waals surface area contributed by atoms with Gasteiger partial charge in [0.15, 0.2) is 0 Å². The highest BCUT2D eigenvalue weighted by molar-refractivity contribution is 4.64. The fourth-order valence-corrected chi connectivity index (χ4v) is 0.756. The molecule has 0 spiro atoms. The van der Waals surface area contributed by atoms with Gasteiger partial charge in [-0.3, -0.25) is 0 Å². The van der Waals surface area contributed by atoms with Gasteiger partial charge in [0.1, 0.15) is 0 Å². The van der Waals surface area contributed by atoms with Crippen molar-refractivity contribution in [3.05, 3.63) is 0 Å². The largest absolute Gasteiger partial charge is 0.393 e. The van der Waals surface area contributed by atoms with Gasteiger partial charge in [-0.25, -0.2) is 0 Å². The normalized spacial score (nSPS) is 16.9. The van der Waals surface area contributed by atoms with E-state index in [0.29, 0.717) is 12.0 Å². The number of aliphatic hydroxyl groups excluding tert-OH is 1. The van der Waals surface area contributed by atoms with Crippen molar-refractivity contribution in [1.82, 2.24) is 5.32 Å². The summed E-state index contributed by atoms with van der Waals surface area (Å²) >= 11 is 0. The van der Waals surface area contributed by atoms with Crippen LogP contribution in [0.15, 0.2) is 0 Å². The first-order valence-corrected chi connectivity index (χ1v) is 4.45. The molecule has 0 aromatic carbocycles. The lowest BCUT2D eigenvalue weighted by atomic mass is 10.1. The number of nitrogens with one attached hydrogen (secondary N) is 1. The summed E-state index contributed by atoms with van der Waals surface area (Å²) in [4.78, 5) is 0. The predicted octanol–water partition coefficient (Wildman–Crippen LogP) is 1.39. The molecular formula is C9H21NO. The van der Waals surface area contributed by atoms with Gasteiger partial charge in [0.2, 0.25) is 0 Å². The molecule has 2 nitrogen and oxygen atoms in total. The average Bonchev–Trinajstić information content (AvgIpc) is 1.86. The van der Waals surface area contributed by atoms with Crippen LogP contribution >= 0.6 is 0 Å². The Morgan fingerprint density at radius 2 is 1.73 bits per heavy atom. The Labute approximate surface area is 70.0 Å². The molecular weight excluding hydrogens is 138 g/mol. The van der Waals surface area contributed by atoms with Gasteiger partial charge in [-0.05, 0) is 32.7 Å². The van der Waals surface area contributed by atoms with Crippen LogP contribution in [0.25, 0.3) is 0 Å². The standard InChI is InChI=1S/C9H21NO/c1-7(2)9(4)10-6-5-8(3)11/h7-11H,5-6H2,1-4H3/t8-,9+/m0/s1. The van der Waals surface area contributed by atoms with Crippen LogP contribution < -0.4 is 5.32 Å². The number of rotatable bonds is 5. The minimum Gasteiger partial charge on any atom is -0.393 e. The van der Waals surface area contributed by atoms with E-state index in [2.05, 4.69) is 26.1 Å². The van der Waals surface area contributed by atoms with Crippen molar-refractivity contribution in [2.75, 3.05) is 6.54 Å². The molecule has 0 heterocycles. The molecule has 0 saturated heterocycles. The fourth-order valence-electron chi connectivity index (χ4n) is 0.756. The van der Waals surface area contributed by atoms with Crippen molar-refractivity contribution in [2.45, 2.75) is 46.3 Å². The van der Waals surface area contributed by atoms with Crippen LogP contribution in [-0.4, -0.2) is 23.8 Å². The Bertz CT molecular complexity index is 91.6. The fraction of sp³-hybridized carbons (Fsp3) is 1.00. The topological polar surface area (TPSA) is 32.3 Å². The first kappa shape index (κ1) is 10.9. The van der Waals surface area contributed by atoms with Gasteiger partial charge in [0.05, 0.1) is 6.10 Å². The van der Waals surface area contributed by atoms with Gasteiger partial charge in [0, 0.05) is 6.04 Å². The Morgan fingerprint density at radius 1 is 1.18 bits per heavy atom. The molecule has 0 aromatic heterocycles. The molecule has 0 amide bonds. The highest BCUT2D eigenvalue weighted by Crippen LogP contribution is 1.99. The average molecular weight is 159 g/mol. The molecule has 11 heavy (non-hydrogen) atoms. The summed E-state index contributed by atoms with van der Waals surface area (Å²) in [5.41, 5.74) is 0. The monoisotopic (exact) mass is 159 g/mol. The maximum Gasteiger partial charge on any atom is 0.0524 e. The zero-order valence-corrected chi connectivity index (χ0v) is 8.09. The molecule has 68 valence electrons. The maximum absolute atomic E-state index is 8.96. The van der Waals surface area contributed by atoms with E-state index in [4.69, 9.17) is 5.11 Å². The van der Waals surface area contributed by atoms with E-state index in [1.807, 2.05) is 6.92 Å². The van der Waals surface area contributed by atoms with E-state index in [0.717, 1.165) is 13.0 Å². The molecule has 2 atom stereocenters. The highest BCUT2D eigenvalue weighted by Gasteiger charge is 2.05. The molecule has 0 saturated carbocycles. The molecule has 0 aliphatic heterocycles. The third kappa shape index (κ3) is 6.32. The maximum atomic E-state index is 8.96. The van der Waals surface area contributed by atoms with Crippen LogP contribution in [0.2, 0.25) is 0 Å². The molecule has 0 unspecified atom stereocenters.